The smallest absolute Gasteiger partial charge is 0.278 e. The van der Waals surface area contributed by atoms with Crippen molar-refractivity contribution in [3.8, 4) is 0 Å². The molecule has 0 saturated heterocycles. The van der Waals surface area contributed by atoms with Gasteiger partial charge in [0.25, 0.3) is 11.8 Å². The van der Waals surface area contributed by atoms with E-state index in [-0.39, 0.29) is 18.4 Å². The van der Waals surface area contributed by atoms with Crippen LogP contribution < -0.4 is 5.32 Å². The first-order valence-corrected chi connectivity index (χ1v) is 10.9. The summed E-state index contributed by atoms with van der Waals surface area (Å²) in [5.74, 6) is -0.161. The summed E-state index contributed by atoms with van der Waals surface area (Å²) in [6.07, 6.45) is 0. The summed E-state index contributed by atoms with van der Waals surface area (Å²) in [6.45, 7) is 8.54. The topological polar surface area (TPSA) is 49.4 Å². The maximum Gasteiger partial charge on any atom is 0.278 e. The van der Waals surface area contributed by atoms with Gasteiger partial charge in [0.15, 0.2) is 0 Å². The molecule has 1 aliphatic rings. The van der Waals surface area contributed by atoms with Crippen LogP contribution in [-0.4, -0.2) is 16.7 Å². The zero-order chi connectivity index (χ0) is 22.8. The zero-order valence-electron chi connectivity index (χ0n) is 19.0. The third-order valence-corrected chi connectivity index (χ3v) is 5.82. The Labute approximate surface area is 189 Å². The fourth-order valence-corrected chi connectivity index (χ4v) is 3.80. The number of carbonyl (C=O) groups is 2. The summed E-state index contributed by atoms with van der Waals surface area (Å²) in [4.78, 5) is 28.2. The molecule has 0 fully saturated rings. The van der Waals surface area contributed by atoms with Crippen molar-refractivity contribution in [3.63, 3.8) is 0 Å². The van der Waals surface area contributed by atoms with E-state index in [2.05, 4.69) is 19.2 Å². The number of carbonyl (C=O) groups excluding carboxylic acids is 2. The van der Waals surface area contributed by atoms with Crippen LogP contribution in [0.1, 0.15) is 47.6 Å². The van der Waals surface area contributed by atoms with Gasteiger partial charge in [-0.25, -0.2) is 0 Å². The Morgan fingerprint density at radius 2 is 1.31 bits per heavy atom. The summed E-state index contributed by atoms with van der Waals surface area (Å²) in [7, 11) is 0. The summed E-state index contributed by atoms with van der Waals surface area (Å²) in [5.41, 5.74) is 6.63. The van der Waals surface area contributed by atoms with Crippen molar-refractivity contribution in [2.45, 2.75) is 40.2 Å². The van der Waals surface area contributed by atoms with Gasteiger partial charge in [0.1, 0.15) is 5.70 Å². The van der Waals surface area contributed by atoms with Gasteiger partial charge in [-0.05, 0) is 48.6 Å². The molecule has 0 radical (unpaired) electrons. The quantitative estimate of drug-likeness (QED) is 0.507. The minimum atomic E-state index is -0.306. The predicted molar refractivity (Wildman–Crippen MR) is 129 cm³/mol. The van der Waals surface area contributed by atoms with Gasteiger partial charge in [-0.3, -0.25) is 14.5 Å². The van der Waals surface area contributed by atoms with Crippen molar-refractivity contribution in [2.75, 3.05) is 5.32 Å². The molecule has 1 N–H and O–H groups in total. The van der Waals surface area contributed by atoms with E-state index in [9.17, 15) is 9.59 Å². The van der Waals surface area contributed by atoms with Gasteiger partial charge >= 0.3 is 0 Å². The second kappa shape index (κ2) is 8.83. The lowest BCUT2D eigenvalue weighted by atomic mass is 10.0. The van der Waals surface area contributed by atoms with Crippen LogP contribution in [0.25, 0.3) is 5.57 Å². The highest BCUT2D eigenvalue weighted by atomic mass is 16.2. The van der Waals surface area contributed by atoms with Crippen molar-refractivity contribution >= 4 is 23.1 Å². The van der Waals surface area contributed by atoms with Gasteiger partial charge in [0.05, 0.1) is 12.1 Å². The summed E-state index contributed by atoms with van der Waals surface area (Å²) in [5, 5.41) is 3.24. The monoisotopic (exact) mass is 424 g/mol. The average Bonchev–Trinajstić information content (AvgIpc) is 3.00. The Hall–Kier alpha value is -3.66. The van der Waals surface area contributed by atoms with E-state index >= 15 is 0 Å². The molecule has 2 amide bonds. The van der Waals surface area contributed by atoms with Crippen LogP contribution in [0.2, 0.25) is 0 Å². The van der Waals surface area contributed by atoms with Crippen molar-refractivity contribution in [3.05, 3.63) is 106 Å². The van der Waals surface area contributed by atoms with Gasteiger partial charge in [-0.15, -0.1) is 0 Å². The van der Waals surface area contributed by atoms with E-state index in [4.69, 9.17) is 0 Å². The molecule has 0 bridgehead atoms. The van der Waals surface area contributed by atoms with Crippen molar-refractivity contribution in [1.82, 2.24) is 4.90 Å². The first-order chi connectivity index (χ1) is 15.3. The van der Waals surface area contributed by atoms with Gasteiger partial charge < -0.3 is 5.32 Å². The van der Waals surface area contributed by atoms with E-state index in [0.29, 0.717) is 17.2 Å². The highest BCUT2D eigenvalue weighted by Gasteiger charge is 2.39. The highest BCUT2D eigenvalue weighted by Crippen LogP contribution is 2.32. The predicted octanol–water partition coefficient (Wildman–Crippen LogP) is 5.82. The molecule has 0 spiro atoms. The molecule has 0 aromatic heterocycles. The Morgan fingerprint density at radius 3 is 1.88 bits per heavy atom. The number of rotatable bonds is 6. The van der Waals surface area contributed by atoms with E-state index < -0.39 is 0 Å². The minimum Gasteiger partial charge on any atom is -0.350 e. The lowest BCUT2D eigenvalue weighted by molar-refractivity contribution is -0.137. The normalized spacial score (nSPS) is 14.0. The molecule has 0 atom stereocenters. The first kappa shape index (κ1) is 21.6. The molecular formula is C28H28N2O2. The van der Waals surface area contributed by atoms with Crippen LogP contribution in [-0.2, 0) is 16.1 Å². The van der Waals surface area contributed by atoms with Crippen LogP contribution >= 0.6 is 0 Å². The number of anilines is 1. The van der Waals surface area contributed by atoms with Crippen LogP contribution in [0.3, 0.4) is 0 Å². The molecule has 162 valence electrons. The Bertz CT molecular complexity index is 1170. The Balaban J connectivity index is 1.70. The first-order valence-electron chi connectivity index (χ1n) is 10.9. The number of hydrogen-bond donors (Lipinski definition) is 1. The van der Waals surface area contributed by atoms with E-state index in [1.54, 1.807) is 0 Å². The third-order valence-electron chi connectivity index (χ3n) is 5.82. The second-order valence-electron chi connectivity index (χ2n) is 8.70. The number of hydrogen-bond acceptors (Lipinski definition) is 3. The molecular weight excluding hydrogens is 396 g/mol. The number of imide groups is 1. The molecule has 4 nitrogen and oxygen atoms in total. The van der Waals surface area contributed by atoms with Gasteiger partial charge in [-0.1, -0.05) is 85.6 Å². The molecule has 0 unspecified atom stereocenters. The van der Waals surface area contributed by atoms with E-state index in [0.717, 1.165) is 27.9 Å². The Kier molecular flexibility index (Phi) is 5.95. The average molecular weight is 425 g/mol. The second-order valence-corrected chi connectivity index (χ2v) is 8.70. The molecule has 3 aromatic rings. The van der Waals surface area contributed by atoms with Crippen molar-refractivity contribution in [2.24, 2.45) is 0 Å². The number of benzene rings is 3. The molecule has 1 aliphatic heterocycles. The van der Waals surface area contributed by atoms with E-state index in [1.807, 2.05) is 86.6 Å². The fraction of sp³-hybridized carbons (Fsp3) is 0.214. The molecule has 0 saturated carbocycles. The van der Waals surface area contributed by atoms with Crippen LogP contribution in [0.5, 0.6) is 0 Å². The number of nitrogens with zero attached hydrogens (tertiary/aromatic N) is 1. The molecule has 3 aromatic carbocycles. The molecule has 0 aliphatic carbocycles. The SMILES string of the molecule is Cc1ccc(CN2C(=O)C(Nc3ccc(C(C)C)cc3)=C(c3ccc(C)cc3)C2=O)cc1. The van der Waals surface area contributed by atoms with Crippen LogP contribution in [0.15, 0.2) is 78.5 Å². The molecule has 4 heteroatoms. The summed E-state index contributed by atoms with van der Waals surface area (Å²) >= 11 is 0. The lowest BCUT2D eigenvalue weighted by Crippen LogP contribution is -2.32. The lowest BCUT2D eigenvalue weighted by Gasteiger charge is -2.16. The summed E-state index contributed by atoms with van der Waals surface area (Å²) < 4.78 is 0. The zero-order valence-corrected chi connectivity index (χ0v) is 19.0. The Morgan fingerprint density at radius 1 is 0.750 bits per heavy atom. The molecule has 32 heavy (non-hydrogen) atoms. The van der Waals surface area contributed by atoms with Crippen molar-refractivity contribution in [1.29, 1.82) is 0 Å². The van der Waals surface area contributed by atoms with Gasteiger partial charge in [0, 0.05) is 5.69 Å². The third kappa shape index (κ3) is 4.35. The number of aryl methyl sites for hydroxylation is 2. The van der Waals surface area contributed by atoms with Crippen LogP contribution in [0, 0.1) is 13.8 Å². The maximum atomic E-state index is 13.4. The van der Waals surface area contributed by atoms with Crippen molar-refractivity contribution < 1.29 is 9.59 Å². The highest BCUT2D eigenvalue weighted by molar-refractivity contribution is 6.36. The number of nitrogens with one attached hydrogen (secondary N) is 1. The molecule has 4 rings (SSSR count). The molecule has 1 heterocycles. The number of amides is 2. The summed E-state index contributed by atoms with van der Waals surface area (Å²) in [6, 6.07) is 23.6. The minimum absolute atomic E-state index is 0.241. The largest absolute Gasteiger partial charge is 0.350 e. The van der Waals surface area contributed by atoms with E-state index in [1.165, 1.54) is 10.5 Å². The van der Waals surface area contributed by atoms with Crippen LogP contribution in [0.4, 0.5) is 5.69 Å². The maximum absolute atomic E-state index is 13.4. The van der Waals surface area contributed by atoms with Gasteiger partial charge in [0.2, 0.25) is 0 Å². The fourth-order valence-electron chi connectivity index (χ4n) is 3.80. The van der Waals surface area contributed by atoms with Gasteiger partial charge in [-0.2, -0.15) is 0 Å². The standard InChI is InChI=1S/C28H28N2O2/c1-18(2)22-13-15-24(16-14-22)29-26-25(23-11-7-20(4)8-12-23)27(31)30(28(26)32)17-21-9-5-19(3)6-10-21/h5-16,18,29H,17H2,1-4H3.